The van der Waals surface area contributed by atoms with Crippen molar-refractivity contribution in [1.82, 2.24) is 34.6 Å². The lowest BCUT2D eigenvalue weighted by molar-refractivity contribution is 0.128. The van der Waals surface area contributed by atoms with Gasteiger partial charge in [0.05, 0.1) is 24.9 Å². The number of aromatic nitrogens is 6. The van der Waals surface area contributed by atoms with Crippen molar-refractivity contribution in [3.63, 3.8) is 0 Å². The van der Waals surface area contributed by atoms with Crippen LogP contribution < -0.4 is 22.0 Å². The molecule has 5 rings (SSSR count). The number of fused-ring (bicyclic) bond motifs is 1. The fourth-order valence-corrected chi connectivity index (χ4v) is 3.61. The SMILES string of the molecule is COCC1CCCN1Nc1nc(=NC2CC2)n2nc/c(=C/c3[nH]c(=O)[nH]c3O)c2n1. The first-order valence-electron chi connectivity index (χ1n) is 9.95. The molecule has 12 heteroatoms. The standard InChI is InChI=1S/C18H23N9O3/c1-30-9-12-3-2-6-26(12)25-16-22-14-10(7-13-15(28)23-18(29)21-13)8-19-27(14)17(24-16)20-11-4-5-11/h7-8,11-12,28H,2-6,9H2,1H3,(H,20,24,25)(H2,21,23,29)/b10-7-. The number of hydrazine groups is 1. The van der Waals surface area contributed by atoms with Crippen LogP contribution in [0.1, 0.15) is 31.4 Å². The summed E-state index contributed by atoms with van der Waals surface area (Å²) in [4.78, 5) is 30.2. The van der Waals surface area contributed by atoms with Gasteiger partial charge in [0.15, 0.2) is 5.65 Å². The smallest absolute Gasteiger partial charge is 0.326 e. The first-order valence-corrected chi connectivity index (χ1v) is 9.95. The zero-order valence-corrected chi connectivity index (χ0v) is 16.5. The van der Waals surface area contributed by atoms with Crippen molar-refractivity contribution in [3.8, 4) is 5.88 Å². The highest BCUT2D eigenvalue weighted by Crippen LogP contribution is 2.22. The average Bonchev–Trinajstić information content (AvgIpc) is 3.12. The zero-order valence-electron chi connectivity index (χ0n) is 16.5. The molecule has 1 saturated carbocycles. The van der Waals surface area contributed by atoms with E-state index in [0.717, 1.165) is 32.2 Å². The Labute approximate surface area is 170 Å². The number of aromatic hydroxyl groups is 1. The minimum atomic E-state index is -0.491. The van der Waals surface area contributed by atoms with Gasteiger partial charge in [-0.25, -0.2) is 14.8 Å². The molecule has 1 unspecified atom stereocenters. The minimum absolute atomic E-state index is 0.242. The third kappa shape index (κ3) is 3.66. The van der Waals surface area contributed by atoms with E-state index in [1.165, 1.54) is 0 Å². The largest absolute Gasteiger partial charge is 0.493 e. The lowest BCUT2D eigenvalue weighted by Crippen LogP contribution is -2.39. The highest BCUT2D eigenvalue weighted by atomic mass is 16.5. The Morgan fingerprint density at radius 1 is 1.37 bits per heavy atom. The molecule has 2 fully saturated rings. The number of ether oxygens (including phenoxy) is 1. The summed E-state index contributed by atoms with van der Waals surface area (Å²) in [6.07, 6.45) is 7.39. The summed E-state index contributed by atoms with van der Waals surface area (Å²) in [6, 6.07) is 0.502. The van der Waals surface area contributed by atoms with Crippen LogP contribution in [0.25, 0.3) is 11.7 Å². The lowest BCUT2D eigenvalue weighted by Gasteiger charge is -2.24. The fraction of sp³-hybridized carbons (Fsp3) is 0.500. The van der Waals surface area contributed by atoms with E-state index in [4.69, 9.17) is 4.74 Å². The van der Waals surface area contributed by atoms with Crippen molar-refractivity contribution < 1.29 is 9.84 Å². The summed E-state index contributed by atoms with van der Waals surface area (Å²) < 4.78 is 6.90. The first kappa shape index (κ1) is 18.8. The van der Waals surface area contributed by atoms with E-state index < -0.39 is 5.69 Å². The Bertz CT molecular complexity index is 1240. The molecule has 4 heterocycles. The average molecular weight is 413 g/mol. The Kier molecular flexibility index (Phi) is 4.71. The van der Waals surface area contributed by atoms with Gasteiger partial charge in [-0.2, -0.15) is 19.6 Å². The van der Waals surface area contributed by atoms with E-state index in [-0.39, 0.29) is 23.7 Å². The maximum Gasteiger partial charge on any atom is 0.326 e. The van der Waals surface area contributed by atoms with E-state index in [2.05, 4.69) is 40.5 Å². The van der Waals surface area contributed by atoms with Crippen LogP contribution in [-0.4, -0.2) is 72.0 Å². The van der Waals surface area contributed by atoms with E-state index in [1.54, 1.807) is 23.9 Å². The number of anilines is 1. The fourth-order valence-electron chi connectivity index (χ4n) is 3.61. The van der Waals surface area contributed by atoms with Crippen molar-refractivity contribution in [2.45, 2.75) is 37.8 Å². The van der Waals surface area contributed by atoms with Gasteiger partial charge < -0.3 is 14.8 Å². The van der Waals surface area contributed by atoms with Crippen molar-refractivity contribution in [1.29, 1.82) is 0 Å². The van der Waals surface area contributed by atoms with Crippen LogP contribution in [-0.2, 0) is 4.74 Å². The molecule has 1 atom stereocenters. The van der Waals surface area contributed by atoms with Crippen molar-refractivity contribution in [2.75, 3.05) is 25.7 Å². The predicted octanol–water partition coefficient (Wildman–Crippen LogP) is -1.11. The Hall–Kier alpha value is -3.25. The molecule has 2 aliphatic rings. The third-order valence-electron chi connectivity index (χ3n) is 5.24. The molecule has 1 saturated heterocycles. The van der Waals surface area contributed by atoms with Gasteiger partial charge in [-0.05, 0) is 31.8 Å². The molecule has 0 radical (unpaired) electrons. The van der Waals surface area contributed by atoms with E-state index >= 15 is 0 Å². The van der Waals surface area contributed by atoms with E-state index in [0.29, 0.717) is 29.0 Å². The Morgan fingerprint density at radius 3 is 2.97 bits per heavy atom. The number of nitrogens with one attached hydrogen (secondary N) is 3. The number of imidazole rings is 1. The van der Waals surface area contributed by atoms with Gasteiger partial charge in [-0.1, -0.05) is 0 Å². The second-order valence-corrected chi connectivity index (χ2v) is 7.59. The number of aromatic amines is 2. The van der Waals surface area contributed by atoms with Gasteiger partial charge in [0, 0.05) is 18.9 Å². The molecule has 0 bridgehead atoms. The van der Waals surface area contributed by atoms with Crippen LogP contribution in [0.15, 0.2) is 16.0 Å². The Balaban J connectivity index is 1.60. The first-order chi connectivity index (χ1) is 14.6. The molecule has 0 amide bonds. The molecule has 158 valence electrons. The van der Waals surface area contributed by atoms with Crippen molar-refractivity contribution >= 4 is 17.7 Å². The zero-order chi connectivity index (χ0) is 20.7. The van der Waals surface area contributed by atoms with Crippen LogP contribution in [0.3, 0.4) is 0 Å². The molecule has 3 aromatic heterocycles. The second kappa shape index (κ2) is 7.54. The van der Waals surface area contributed by atoms with Gasteiger partial charge in [-0.3, -0.25) is 10.4 Å². The minimum Gasteiger partial charge on any atom is -0.493 e. The monoisotopic (exact) mass is 413 g/mol. The third-order valence-corrected chi connectivity index (χ3v) is 5.24. The highest BCUT2D eigenvalue weighted by molar-refractivity contribution is 5.57. The normalized spacial score (nSPS) is 21.2. The molecule has 0 spiro atoms. The molecule has 30 heavy (non-hydrogen) atoms. The van der Waals surface area contributed by atoms with E-state index in [1.807, 2.05) is 0 Å². The summed E-state index contributed by atoms with van der Waals surface area (Å²) in [7, 11) is 1.70. The molecule has 4 N–H and O–H groups in total. The number of rotatable bonds is 6. The molecule has 1 aliphatic carbocycles. The maximum absolute atomic E-state index is 11.4. The Morgan fingerprint density at radius 2 is 2.23 bits per heavy atom. The molecular formula is C18H23N9O3. The van der Waals surface area contributed by atoms with Crippen LogP contribution in [0, 0.1) is 0 Å². The number of H-pyrrole nitrogens is 2. The topological polar surface area (TPSA) is 149 Å². The molecular weight excluding hydrogens is 390 g/mol. The van der Waals surface area contributed by atoms with Gasteiger partial charge in [0.1, 0.15) is 5.69 Å². The van der Waals surface area contributed by atoms with Crippen molar-refractivity contribution in [2.24, 2.45) is 4.99 Å². The number of methoxy groups -OCH3 is 1. The number of hydrogen-bond acceptors (Lipinski definition) is 9. The summed E-state index contributed by atoms with van der Waals surface area (Å²) in [5.74, 6) is 0.181. The molecule has 12 nitrogen and oxygen atoms in total. The van der Waals surface area contributed by atoms with Crippen molar-refractivity contribution in [3.05, 3.63) is 33.2 Å². The summed E-state index contributed by atoms with van der Waals surface area (Å²) in [6.45, 7) is 1.49. The highest BCUT2D eigenvalue weighted by Gasteiger charge is 2.26. The summed E-state index contributed by atoms with van der Waals surface area (Å²) >= 11 is 0. The maximum atomic E-state index is 11.4. The number of nitrogens with zero attached hydrogens (tertiary/aromatic N) is 6. The van der Waals surface area contributed by atoms with Crippen LogP contribution >= 0.6 is 0 Å². The van der Waals surface area contributed by atoms with Gasteiger partial charge in [0.25, 0.3) is 5.62 Å². The van der Waals surface area contributed by atoms with Crippen LogP contribution in [0.5, 0.6) is 5.88 Å². The quantitative estimate of drug-likeness (QED) is 0.398. The lowest BCUT2D eigenvalue weighted by atomic mass is 10.2. The molecule has 1 aliphatic heterocycles. The summed E-state index contributed by atoms with van der Waals surface area (Å²) in [5, 5.41) is 17.0. The second-order valence-electron chi connectivity index (χ2n) is 7.59. The van der Waals surface area contributed by atoms with Crippen LogP contribution in [0.2, 0.25) is 0 Å². The van der Waals surface area contributed by atoms with Gasteiger partial charge in [-0.15, -0.1) is 0 Å². The van der Waals surface area contributed by atoms with Crippen LogP contribution in [0.4, 0.5) is 5.95 Å². The van der Waals surface area contributed by atoms with E-state index in [9.17, 15) is 9.90 Å². The molecule has 0 aromatic carbocycles. The van der Waals surface area contributed by atoms with Gasteiger partial charge in [0.2, 0.25) is 11.8 Å². The number of hydrogen-bond donors (Lipinski definition) is 4. The summed E-state index contributed by atoms with van der Waals surface area (Å²) in [5.41, 5.74) is 4.06. The van der Waals surface area contributed by atoms with Gasteiger partial charge >= 0.3 is 5.69 Å². The molecule has 3 aromatic rings. The predicted molar refractivity (Wildman–Crippen MR) is 106 cm³/mol.